The van der Waals surface area contributed by atoms with Crippen LogP contribution in [0.3, 0.4) is 0 Å². The lowest BCUT2D eigenvalue weighted by molar-refractivity contribution is -0.312. The van der Waals surface area contributed by atoms with E-state index in [0.29, 0.717) is 22.0 Å². The van der Waals surface area contributed by atoms with Crippen molar-refractivity contribution in [2.45, 2.75) is 20.0 Å². The van der Waals surface area contributed by atoms with Crippen LogP contribution in [0, 0.1) is 6.92 Å². The molecule has 23 heavy (non-hydrogen) atoms. The number of carboxylic acids is 1. The number of carboxylic acid groups (broad SMARTS) is 1. The molecule has 0 bridgehead atoms. The third kappa shape index (κ3) is 4.47. The lowest BCUT2D eigenvalue weighted by Crippen LogP contribution is -2.37. The van der Waals surface area contributed by atoms with Crippen LogP contribution in [0.2, 0.25) is 5.02 Å². The normalized spacial score (nSPS) is 11.6. The smallest absolute Gasteiger partial charge is 0.255 e. The van der Waals surface area contributed by atoms with E-state index in [-0.39, 0.29) is 5.91 Å². The van der Waals surface area contributed by atoms with E-state index in [1.54, 1.807) is 30.3 Å². The van der Waals surface area contributed by atoms with Crippen molar-refractivity contribution in [2.24, 2.45) is 0 Å². The third-order valence-electron chi connectivity index (χ3n) is 3.20. The molecular formula is C17H15ClNO4-. The Morgan fingerprint density at radius 2 is 1.83 bits per heavy atom. The van der Waals surface area contributed by atoms with Gasteiger partial charge in [-0.05, 0) is 61.9 Å². The molecule has 1 amide bonds. The Bertz CT molecular complexity index is 728. The standard InChI is InChI=1S/C17H16ClNO4/c1-10-9-13(18)5-8-15(10)19-16(20)12-3-6-14(7-4-12)23-11(2)17(21)22/h3-9,11H,1-2H3,(H,19,20)(H,21,22)/p-1. The number of ether oxygens (including phenoxy) is 1. The third-order valence-corrected chi connectivity index (χ3v) is 3.43. The minimum atomic E-state index is -1.30. The monoisotopic (exact) mass is 332 g/mol. The van der Waals surface area contributed by atoms with Crippen molar-refractivity contribution in [2.75, 3.05) is 5.32 Å². The van der Waals surface area contributed by atoms with E-state index in [0.717, 1.165) is 5.56 Å². The molecule has 120 valence electrons. The molecule has 0 heterocycles. The van der Waals surface area contributed by atoms with Gasteiger partial charge in [-0.1, -0.05) is 11.6 Å². The van der Waals surface area contributed by atoms with Crippen molar-refractivity contribution >= 4 is 29.2 Å². The Labute approximate surface area is 138 Å². The lowest BCUT2D eigenvalue weighted by Gasteiger charge is -2.15. The number of benzene rings is 2. The van der Waals surface area contributed by atoms with Gasteiger partial charge in [0, 0.05) is 16.3 Å². The SMILES string of the molecule is Cc1cc(Cl)ccc1NC(=O)c1ccc(OC(C)C(=O)[O-])cc1. The van der Waals surface area contributed by atoms with Crippen molar-refractivity contribution in [1.29, 1.82) is 0 Å². The number of halogens is 1. The zero-order valence-corrected chi connectivity index (χ0v) is 13.4. The molecule has 1 N–H and O–H groups in total. The molecule has 1 unspecified atom stereocenters. The summed E-state index contributed by atoms with van der Waals surface area (Å²) >= 11 is 5.88. The van der Waals surface area contributed by atoms with Crippen molar-refractivity contribution in [3.8, 4) is 5.75 Å². The number of nitrogens with one attached hydrogen (secondary N) is 1. The van der Waals surface area contributed by atoms with Gasteiger partial charge in [0.2, 0.25) is 0 Å². The van der Waals surface area contributed by atoms with Gasteiger partial charge in [-0.25, -0.2) is 0 Å². The van der Waals surface area contributed by atoms with Crippen LogP contribution in [-0.4, -0.2) is 18.0 Å². The van der Waals surface area contributed by atoms with Gasteiger partial charge in [0.25, 0.3) is 5.91 Å². The number of aliphatic carboxylic acids is 1. The van der Waals surface area contributed by atoms with E-state index in [2.05, 4.69) is 5.32 Å². The number of hydrogen-bond acceptors (Lipinski definition) is 4. The summed E-state index contributed by atoms with van der Waals surface area (Å²) in [5, 5.41) is 14.0. The molecule has 0 saturated carbocycles. The first-order valence-corrected chi connectivity index (χ1v) is 7.29. The first kappa shape index (κ1) is 16.8. The number of amides is 1. The van der Waals surface area contributed by atoms with Crippen LogP contribution in [0.4, 0.5) is 5.69 Å². The quantitative estimate of drug-likeness (QED) is 0.912. The highest BCUT2D eigenvalue weighted by molar-refractivity contribution is 6.30. The Morgan fingerprint density at radius 3 is 2.39 bits per heavy atom. The van der Waals surface area contributed by atoms with Gasteiger partial charge < -0.3 is 20.0 Å². The van der Waals surface area contributed by atoms with E-state index in [1.807, 2.05) is 6.92 Å². The molecular weight excluding hydrogens is 318 g/mol. The number of hydrogen-bond donors (Lipinski definition) is 1. The van der Waals surface area contributed by atoms with E-state index < -0.39 is 12.1 Å². The molecule has 0 saturated heterocycles. The molecule has 6 heteroatoms. The van der Waals surface area contributed by atoms with Crippen LogP contribution < -0.4 is 15.2 Å². The zero-order chi connectivity index (χ0) is 17.0. The van der Waals surface area contributed by atoms with Crippen LogP contribution in [0.5, 0.6) is 5.75 Å². The number of carbonyl (C=O) groups is 2. The highest BCUT2D eigenvalue weighted by Crippen LogP contribution is 2.21. The average Bonchev–Trinajstić information content (AvgIpc) is 2.50. The van der Waals surface area contributed by atoms with Crippen molar-refractivity contribution < 1.29 is 19.4 Å². The highest BCUT2D eigenvalue weighted by atomic mass is 35.5. The van der Waals surface area contributed by atoms with Crippen LogP contribution in [0.15, 0.2) is 42.5 Å². The largest absolute Gasteiger partial charge is 0.546 e. The topological polar surface area (TPSA) is 78.5 Å². The zero-order valence-electron chi connectivity index (χ0n) is 12.6. The second kappa shape index (κ2) is 7.15. The lowest BCUT2D eigenvalue weighted by atomic mass is 10.1. The summed E-state index contributed by atoms with van der Waals surface area (Å²) in [4.78, 5) is 22.8. The minimum absolute atomic E-state index is 0.282. The second-order valence-corrected chi connectivity index (χ2v) is 5.45. The Hall–Kier alpha value is -2.53. The Balaban J connectivity index is 2.06. The van der Waals surface area contributed by atoms with Gasteiger partial charge in [0.1, 0.15) is 11.9 Å². The molecule has 5 nitrogen and oxygen atoms in total. The van der Waals surface area contributed by atoms with E-state index in [9.17, 15) is 14.7 Å². The Kier molecular flexibility index (Phi) is 5.24. The number of rotatable bonds is 5. The fourth-order valence-electron chi connectivity index (χ4n) is 1.90. The molecule has 2 rings (SSSR count). The summed E-state index contributed by atoms with van der Waals surface area (Å²) in [5.74, 6) is -1.24. The first-order chi connectivity index (χ1) is 10.9. The molecule has 2 aromatic carbocycles. The summed E-state index contributed by atoms with van der Waals surface area (Å²) < 4.78 is 5.15. The molecule has 2 aromatic rings. The van der Waals surface area contributed by atoms with Crippen molar-refractivity contribution in [3.63, 3.8) is 0 Å². The van der Waals surface area contributed by atoms with Gasteiger partial charge in [-0.15, -0.1) is 0 Å². The summed E-state index contributed by atoms with van der Waals surface area (Å²) in [6, 6.07) is 11.4. The molecule has 0 aliphatic heterocycles. The van der Waals surface area contributed by atoms with Gasteiger partial charge in [-0.3, -0.25) is 4.79 Å². The van der Waals surface area contributed by atoms with E-state index in [4.69, 9.17) is 16.3 Å². The summed E-state index contributed by atoms with van der Waals surface area (Å²) in [7, 11) is 0. The minimum Gasteiger partial charge on any atom is -0.546 e. The number of carbonyl (C=O) groups excluding carboxylic acids is 2. The van der Waals surface area contributed by atoms with Crippen LogP contribution in [-0.2, 0) is 4.79 Å². The van der Waals surface area contributed by atoms with Crippen LogP contribution >= 0.6 is 11.6 Å². The first-order valence-electron chi connectivity index (χ1n) is 6.92. The molecule has 0 radical (unpaired) electrons. The molecule has 0 aliphatic rings. The Morgan fingerprint density at radius 1 is 1.17 bits per heavy atom. The van der Waals surface area contributed by atoms with Crippen molar-refractivity contribution in [3.05, 3.63) is 58.6 Å². The molecule has 0 fully saturated rings. The maximum absolute atomic E-state index is 12.2. The predicted molar refractivity (Wildman–Crippen MR) is 85.7 cm³/mol. The van der Waals surface area contributed by atoms with Gasteiger partial charge in [0.15, 0.2) is 0 Å². The van der Waals surface area contributed by atoms with Crippen molar-refractivity contribution in [1.82, 2.24) is 0 Å². The molecule has 0 aliphatic carbocycles. The average molecular weight is 333 g/mol. The highest BCUT2D eigenvalue weighted by Gasteiger charge is 2.09. The van der Waals surface area contributed by atoms with E-state index >= 15 is 0 Å². The predicted octanol–water partition coefficient (Wildman–Crippen LogP) is 2.42. The number of aryl methyl sites for hydroxylation is 1. The van der Waals surface area contributed by atoms with Gasteiger partial charge in [-0.2, -0.15) is 0 Å². The molecule has 1 atom stereocenters. The number of anilines is 1. The van der Waals surface area contributed by atoms with Gasteiger partial charge in [0.05, 0.1) is 5.97 Å². The fraction of sp³-hybridized carbons (Fsp3) is 0.176. The maximum atomic E-state index is 12.2. The van der Waals surface area contributed by atoms with Gasteiger partial charge >= 0.3 is 0 Å². The molecule has 0 aromatic heterocycles. The summed E-state index contributed by atoms with van der Waals surface area (Å²) in [6.45, 7) is 3.22. The van der Waals surface area contributed by atoms with Crippen LogP contribution in [0.1, 0.15) is 22.8 Å². The summed E-state index contributed by atoms with van der Waals surface area (Å²) in [6.07, 6.45) is -1.06. The van der Waals surface area contributed by atoms with Crippen LogP contribution in [0.25, 0.3) is 0 Å². The summed E-state index contributed by atoms with van der Waals surface area (Å²) in [5.41, 5.74) is 1.95. The molecule has 0 spiro atoms. The maximum Gasteiger partial charge on any atom is 0.255 e. The van der Waals surface area contributed by atoms with E-state index in [1.165, 1.54) is 19.1 Å². The second-order valence-electron chi connectivity index (χ2n) is 5.02. The fourth-order valence-corrected chi connectivity index (χ4v) is 2.13.